The first-order chi connectivity index (χ1) is 11.3. The molecule has 0 aromatic heterocycles. The van der Waals surface area contributed by atoms with Crippen LogP contribution in [0.4, 0.5) is 0 Å². The largest absolute Gasteiger partial charge is 0.607 e. The third-order valence-corrected chi connectivity index (χ3v) is 6.46. The molecule has 1 aromatic rings. The van der Waals surface area contributed by atoms with Crippen LogP contribution in [0.3, 0.4) is 0 Å². The molecule has 128 valence electrons. The van der Waals surface area contributed by atoms with E-state index in [9.17, 15) is 24.4 Å². The van der Waals surface area contributed by atoms with E-state index in [4.69, 9.17) is 11.6 Å². The van der Waals surface area contributed by atoms with E-state index in [0.29, 0.717) is 9.92 Å². The minimum absolute atomic E-state index is 0.200. The number of carboxylic acids is 1. The molecule has 1 saturated heterocycles. The van der Waals surface area contributed by atoms with Gasteiger partial charge < -0.3 is 14.8 Å². The number of carboxylic acid groups (broad SMARTS) is 1. The number of hydrogen-bond acceptors (Lipinski definition) is 4. The molecule has 0 radical (unpaired) electrons. The number of hydrogen-bond donors (Lipinski definition) is 2. The molecule has 24 heavy (non-hydrogen) atoms. The molecular formula is C16H16ClNO5S. The summed E-state index contributed by atoms with van der Waals surface area (Å²) < 4.78 is 12.9. The SMILES string of the molecule is C[C@@H](O)[C@H]1C(=O)N2C(C(=O)O)=C([S+]([O-])c3ccc(Cl)cc3)[C@H](C)[C@H]12. The minimum atomic E-state index is -1.73. The Labute approximate surface area is 146 Å². The van der Waals surface area contributed by atoms with Crippen LogP contribution in [0.1, 0.15) is 13.8 Å². The second-order valence-corrected chi connectivity index (χ2v) is 7.88. The minimum Gasteiger partial charge on any atom is -0.607 e. The lowest BCUT2D eigenvalue weighted by molar-refractivity contribution is -0.163. The topological polar surface area (TPSA) is 101 Å². The molecule has 1 fully saturated rings. The number of nitrogens with zero attached hydrogens (tertiary/aromatic N) is 1. The molecule has 2 N–H and O–H groups in total. The maximum Gasteiger partial charge on any atom is 0.357 e. The van der Waals surface area contributed by atoms with Gasteiger partial charge in [-0.05, 0) is 31.2 Å². The summed E-state index contributed by atoms with van der Waals surface area (Å²) in [5.41, 5.74) is -0.234. The average Bonchev–Trinajstić information content (AvgIpc) is 2.76. The van der Waals surface area contributed by atoms with Gasteiger partial charge in [-0.1, -0.05) is 18.5 Å². The monoisotopic (exact) mass is 369 g/mol. The summed E-state index contributed by atoms with van der Waals surface area (Å²) in [7, 11) is 0. The molecule has 8 heteroatoms. The van der Waals surface area contributed by atoms with E-state index < -0.39 is 47.0 Å². The van der Waals surface area contributed by atoms with E-state index in [-0.39, 0.29) is 10.6 Å². The quantitative estimate of drug-likeness (QED) is 0.620. The van der Waals surface area contributed by atoms with Crippen LogP contribution in [0.25, 0.3) is 0 Å². The van der Waals surface area contributed by atoms with E-state index in [0.717, 1.165) is 4.90 Å². The van der Waals surface area contributed by atoms with Crippen LogP contribution >= 0.6 is 11.6 Å². The van der Waals surface area contributed by atoms with Gasteiger partial charge in [0.05, 0.1) is 24.0 Å². The van der Waals surface area contributed by atoms with Crippen LogP contribution in [0.5, 0.6) is 0 Å². The van der Waals surface area contributed by atoms with Crippen LogP contribution in [0.2, 0.25) is 5.02 Å². The Bertz CT molecular complexity index is 732. The Morgan fingerprint density at radius 3 is 2.46 bits per heavy atom. The van der Waals surface area contributed by atoms with Gasteiger partial charge in [-0.25, -0.2) is 4.79 Å². The highest BCUT2D eigenvalue weighted by atomic mass is 35.5. The number of aliphatic hydroxyl groups excluding tert-OH is 1. The third kappa shape index (κ3) is 2.43. The highest BCUT2D eigenvalue weighted by molar-refractivity contribution is 7.95. The van der Waals surface area contributed by atoms with Crippen LogP contribution < -0.4 is 0 Å². The molecular weight excluding hydrogens is 354 g/mol. The molecule has 2 aliphatic rings. The van der Waals surface area contributed by atoms with Gasteiger partial charge in [0.25, 0.3) is 0 Å². The zero-order valence-corrected chi connectivity index (χ0v) is 14.5. The van der Waals surface area contributed by atoms with Gasteiger partial charge in [0.1, 0.15) is 0 Å². The fraction of sp³-hybridized carbons (Fsp3) is 0.375. The summed E-state index contributed by atoms with van der Waals surface area (Å²) in [6.07, 6.45) is -0.889. The zero-order chi connectivity index (χ0) is 17.8. The van der Waals surface area contributed by atoms with Gasteiger partial charge in [0.2, 0.25) is 5.91 Å². The molecule has 2 aliphatic heterocycles. The second-order valence-electron chi connectivity index (χ2n) is 5.99. The first-order valence-electron chi connectivity index (χ1n) is 7.41. The van der Waals surface area contributed by atoms with Crippen LogP contribution in [0, 0.1) is 11.8 Å². The molecule has 1 aromatic carbocycles. The number of benzene rings is 1. The van der Waals surface area contributed by atoms with Gasteiger partial charge in [0.15, 0.2) is 15.5 Å². The molecule has 0 aliphatic carbocycles. The standard InChI is InChI=1S/C16H16ClNO5S/c1-7-12-11(8(2)19)15(20)18(12)13(16(21)22)14(7)24(23)10-5-3-9(17)4-6-10/h3-8,11-12,19H,1-2H3,(H,21,22)/t7-,8-,11-,12-,24?/m1/s1. The fourth-order valence-corrected chi connectivity index (χ4v) is 5.06. The van der Waals surface area contributed by atoms with E-state index in [1.165, 1.54) is 6.92 Å². The van der Waals surface area contributed by atoms with Crippen molar-refractivity contribution in [1.82, 2.24) is 4.90 Å². The van der Waals surface area contributed by atoms with Gasteiger partial charge >= 0.3 is 5.97 Å². The third-order valence-electron chi connectivity index (χ3n) is 4.54. The zero-order valence-electron chi connectivity index (χ0n) is 13.0. The van der Waals surface area contributed by atoms with E-state index in [1.54, 1.807) is 31.2 Å². The van der Waals surface area contributed by atoms with Gasteiger partial charge in [-0.15, -0.1) is 0 Å². The summed E-state index contributed by atoms with van der Waals surface area (Å²) in [4.78, 5) is 25.7. The maximum atomic E-state index is 12.9. The van der Waals surface area contributed by atoms with Crippen molar-refractivity contribution in [2.75, 3.05) is 0 Å². The number of aliphatic hydroxyl groups is 1. The Morgan fingerprint density at radius 1 is 1.38 bits per heavy atom. The number of rotatable bonds is 4. The highest BCUT2D eigenvalue weighted by Gasteiger charge is 2.62. The van der Waals surface area contributed by atoms with Crippen molar-refractivity contribution in [2.24, 2.45) is 11.8 Å². The number of β-lactam (4-membered cyclic amide) rings is 1. The van der Waals surface area contributed by atoms with Crippen molar-refractivity contribution in [3.05, 3.63) is 39.9 Å². The molecule has 3 rings (SSSR count). The van der Waals surface area contributed by atoms with Crippen LogP contribution in [0.15, 0.2) is 39.8 Å². The first-order valence-corrected chi connectivity index (χ1v) is 8.94. The molecule has 5 atom stereocenters. The average molecular weight is 370 g/mol. The van der Waals surface area contributed by atoms with E-state index >= 15 is 0 Å². The summed E-state index contributed by atoms with van der Waals surface area (Å²) >= 11 is 4.10. The summed E-state index contributed by atoms with van der Waals surface area (Å²) in [5, 5.41) is 19.8. The lowest BCUT2D eigenvalue weighted by Gasteiger charge is -2.45. The molecule has 0 saturated carbocycles. The van der Waals surface area contributed by atoms with Crippen molar-refractivity contribution in [2.45, 2.75) is 30.9 Å². The summed E-state index contributed by atoms with van der Waals surface area (Å²) in [6.45, 7) is 3.24. The number of amides is 1. The van der Waals surface area contributed by atoms with Gasteiger partial charge in [0, 0.05) is 16.2 Å². The molecule has 1 amide bonds. The number of carbonyl (C=O) groups excluding carboxylic acids is 1. The van der Waals surface area contributed by atoms with Crippen molar-refractivity contribution < 1.29 is 24.4 Å². The maximum absolute atomic E-state index is 12.9. The predicted octanol–water partition coefficient (Wildman–Crippen LogP) is 1.60. The Hall–Kier alpha value is -1.54. The van der Waals surface area contributed by atoms with Crippen molar-refractivity contribution in [1.29, 1.82) is 0 Å². The van der Waals surface area contributed by atoms with Crippen LogP contribution in [-0.4, -0.2) is 43.7 Å². The van der Waals surface area contributed by atoms with E-state index in [2.05, 4.69) is 0 Å². The van der Waals surface area contributed by atoms with Crippen LogP contribution in [-0.2, 0) is 20.8 Å². The Balaban J connectivity index is 2.03. The van der Waals surface area contributed by atoms with Gasteiger partial charge in [-0.2, -0.15) is 0 Å². The fourth-order valence-electron chi connectivity index (χ4n) is 3.46. The van der Waals surface area contributed by atoms with Crippen molar-refractivity contribution in [3.8, 4) is 0 Å². The van der Waals surface area contributed by atoms with Crippen molar-refractivity contribution in [3.63, 3.8) is 0 Å². The number of halogens is 1. The number of aliphatic carboxylic acids is 1. The van der Waals surface area contributed by atoms with Crippen molar-refractivity contribution >= 4 is 34.7 Å². The molecule has 0 spiro atoms. The highest BCUT2D eigenvalue weighted by Crippen LogP contribution is 2.49. The lowest BCUT2D eigenvalue weighted by atomic mass is 9.79. The lowest BCUT2D eigenvalue weighted by Crippen LogP contribution is -2.63. The van der Waals surface area contributed by atoms with Gasteiger partial charge in [-0.3, -0.25) is 9.69 Å². The second kappa shape index (κ2) is 6.07. The normalized spacial score (nSPS) is 28.5. The molecule has 1 unspecified atom stereocenters. The molecule has 0 bridgehead atoms. The number of fused-ring (bicyclic) bond motifs is 1. The Morgan fingerprint density at radius 2 is 1.96 bits per heavy atom. The molecule has 2 heterocycles. The number of carbonyl (C=O) groups is 2. The smallest absolute Gasteiger partial charge is 0.357 e. The predicted molar refractivity (Wildman–Crippen MR) is 87.5 cm³/mol. The first kappa shape index (κ1) is 17.3. The summed E-state index contributed by atoms with van der Waals surface area (Å²) in [6, 6.07) is 5.82. The Kier molecular flexibility index (Phi) is 4.37. The molecule has 6 nitrogen and oxygen atoms in total. The van der Waals surface area contributed by atoms with E-state index in [1.807, 2.05) is 0 Å². The summed E-state index contributed by atoms with van der Waals surface area (Å²) in [5.74, 6) is -2.83.